The predicted octanol–water partition coefficient (Wildman–Crippen LogP) is 2.45. The number of aryl methyl sites for hydroxylation is 1. The van der Waals surface area contributed by atoms with Crippen molar-refractivity contribution in [3.63, 3.8) is 0 Å². The summed E-state index contributed by atoms with van der Waals surface area (Å²) in [4.78, 5) is 15.1. The van der Waals surface area contributed by atoms with Crippen LogP contribution >= 0.6 is 0 Å². The number of nitrogens with zero attached hydrogens (tertiary/aromatic N) is 5. The number of anilines is 3. The fourth-order valence-electron chi connectivity index (χ4n) is 3.61. The number of ether oxygens (including phenoxy) is 2. The molecule has 1 saturated heterocycles. The summed E-state index contributed by atoms with van der Waals surface area (Å²) in [5.41, 5.74) is 1.09. The predicted molar refractivity (Wildman–Crippen MR) is 125 cm³/mol. The Labute approximate surface area is 193 Å². The summed E-state index contributed by atoms with van der Waals surface area (Å²) in [5, 5.41) is 3.18. The van der Waals surface area contributed by atoms with Gasteiger partial charge in [0.15, 0.2) is 0 Å². The second-order valence-corrected chi connectivity index (χ2v) is 9.42. The SMILES string of the molecule is COc1ccc(OC)c(S(=O)(=O)N2CCN(c3cc(Nc4cc(C)ccn4)ncn3)CC2)c1. The van der Waals surface area contributed by atoms with Gasteiger partial charge in [0.1, 0.15) is 40.2 Å². The van der Waals surface area contributed by atoms with Crippen LogP contribution in [-0.2, 0) is 10.0 Å². The number of methoxy groups -OCH3 is 2. The number of rotatable bonds is 7. The van der Waals surface area contributed by atoms with Crippen LogP contribution in [0.2, 0.25) is 0 Å². The van der Waals surface area contributed by atoms with E-state index in [0.717, 1.165) is 11.4 Å². The highest BCUT2D eigenvalue weighted by Crippen LogP contribution is 2.31. The monoisotopic (exact) mass is 470 g/mol. The Bertz CT molecular complexity index is 1230. The summed E-state index contributed by atoms with van der Waals surface area (Å²) in [6.07, 6.45) is 3.22. The molecule has 3 aromatic rings. The van der Waals surface area contributed by atoms with Gasteiger partial charge in [0.2, 0.25) is 10.0 Å². The van der Waals surface area contributed by atoms with E-state index in [0.29, 0.717) is 43.6 Å². The summed E-state index contributed by atoms with van der Waals surface area (Å²) in [7, 11) is -0.801. The van der Waals surface area contributed by atoms with Gasteiger partial charge in [-0.2, -0.15) is 4.31 Å². The smallest absolute Gasteiger partial charge is 0.247 e. The van der Waals surface area contributed by atoms with Crippen LogP contribution in [0, 0.1) is 6.92 Å². The molecule has 0 amide bonds. The van der Waals surface area contributed by atoms with E-state index in [-0.39, 0.29) is 10.6 Å². The molecule has 3 heterocycles. The number of hydrogen-bond donors (Lipinski definition) is 1. The maximum absolute atomic E-state index is 13.3. The lowest BCUT2D eigenvalue weighted by Crippen LogP contribution is -2.49. The van der Waals surface area contributed by atoms with Crippen LogP contribution in [0.5, 0.6) is 11.5 Å². The van der Waals surface area contributed by atoms with E-state index in [1.165, 1.54) is 30.9 Å². The quantitative estimate of drug-likeness (QED) is 0.557. The molecule has 174 valence electrons. The minimum Gasteiger partial charge on any atom is -0.497 e. The Morgan fingerprint density at radius 1 is 0.909 bits per heavy atom. The molecule has 0 atom stereocenters. The first-order valence-corrected chi connectivity index (χ1v) is 11.8. The van der Waals surface area contributed by atoms with Crippen molar-refractivity contribution in [2.24, 2.45) is 0 Å². The topological polar surface area (TPSA) is 110 Å². The van der Waals surface area contributed by atoms with E-state index >= 15 is 0 Å². The molecule has 1 aliphatic heterocycles. The number of aromatic nitrogens is 3. The second kappa shape index (κ2) is 9.59. The molecule has 11 heteroatoms. The van der Waals surface area contributed by atoms with E-state index in [2.05, 4.69) is 20.3 Å². The maximum atomic E-state index is 13.3. The highest BCUT2D eigenvalue weighted by molar-refractivity contribution is 7.89. The first-order chi connectivity index (χ1) is 15.9. The van der Waals surface area contributed by atoms with E-state index < -0.39 is 10.0 Å². The van der Waals surface area contributed by atoms with Crippen molar-refractivity contribution in [2.45, 2.75) is 11.8 Å². The summed E-state index contributed by atoms with van der Waals surface area (Å²) < 4.78 is 38.5. The molecule has 1 aliphatic rings. The zero-order valence-electron chi connectivity index (χ0n) is 18.7. The number of benzene rings is 1. The van der Waals surface area contributed by atoms with Gasteiger partial charge in [-0.05, 0) is 36.8 Å². The van der Waals surface area contributed by atoms with E-state index in [9.17, 15) is 8.42 Å². The number of hydrogen-bond acceptors (Lipinski definition) is 9. The minimum absolute atomic E-state index is 0.0944. The summed E-state index contributed by atoms with van der Waals surface area (Å²) in [5.74, 6) is 2.78. The summed E-state index contributed by atoms with van der Waals surface area (Å²) in [6.45, 7) is 3.60. The molecule has 0 saturated carbocycles. The van der Waals surface area contributed by atoms with Crippen LogP contribution in [0.4, 0.5) is 17.5 Å². The third-order valence-corrected chi connectivity index (χ3v) is 7.30. The van der Waals surface area contributed by atoms with Gasteiger partial charge in [-0.15, -0.1) is 0 Å². The molecule has 2 aromatic heterocycles. The van der Waals surface area contributed by atoms with Gasteiger partial charge in [-0.25, -0.2) is 23.4 Å². The van der Waals surface area contributed by atoms with Crippen LogP contribution in [0.1, 0.15) is 5.56 Å². The first kappa shape index (κ1) is 22.7. The lowest BCUT2D eigenvalue weighted by Gasteiger charge is -2.34. The molecule has 1 aromatic carbocycles. The van der Waals surface area contributed by atoms with Gasteiger partial charge in [-0.1, -0.05) is 0 Å². The van der Waals surface area contributed by atoms with Gasteiger partial charge in [0, 0.05) is 44.5 Å². The molecule has 0 radical (unpaired) electrons. The molecule has 33 heavy (non-hydrogen) atoms. The molecular weight excluding hydrogens is 444 g/mol. The molecule has 4 rings (SSSR count). The molecule has 1 N–H and O–H groups in total. The average Bonchev–Trinajstić information content (AvgIpc) is 2.84. The van der Waals surface area contributed by atoms with E-state index in [1.807, 2.05) is 30.0 Å². The molecule has 10 nitrogen and oxygen atoms in total. The lowest BCUT2D eigenvalue weighted by molar-refractivity contribution is 0.370. The molecule has 0 aliphatic carbocycles. The molecule has 1 fully saturated rings. The highest BCUT2D eigenvalue weighted by Gasteiger charge is 2.31. The second-order valence-electron chi connectivity index (χ2n) is 7.51. The third-order valence-electron chi connectivity index (χ3n) is 5.38. The van der Waals surface area contributed by atoms with E-state index in [4.69, 9.17) is 9.47 Å². The van der Waals surface area contributed by atoms with Gasteiger partial charge in [-0.3, -0.25) is 0 Å². The highest BCUT2D eigenvalue weighted by atomic mass is 32.2. The van der Waals surface area contributed by atoms with Crippen molar-refractivity contribution in [2.75, 3.05) is 50.6 Å². The van der Waals surface area contributed by atoms with Crippen LogP contribution in [0.25, 0.3) is 0 Å². The van der Waals surface area contributed by atoms with Crippen molar-refractivity contribution in [1.29, 1.82) is 0 Å². The molecular formula is C22H26N6O4S. The third kappa shape index (κ3) is 4.99. The van der Waals surface area contributed by atoms with Crippen molar-refractivity contribution < 1.29 is 17.9 Å². The average molecular weight is 471 g/mol. The van der Waals surface area contributed by atoms with Gasteiger partial charge in [0.25, 0.3) is 0 Å². The zero-order chi connectivity index (χ0) is 23.4. The fourth-order valence-corrected chi connectivity index (χ4v) is 5.20. The first-order valence-electron chi connectivity index (χ1n) is 10.4. The van der Waals surface area contributed by atoms with Crippen LogP contribution in [0.3, 0.4) is 0 Å². The van der Waals surface area contributed by atoms with Gasteiger partial charge < -0.3 is 19.7 Å². The van der Waals surface area contributed by atoms with Crippen molar-refractivity contribution in [1.82, 2.24) is 19.3 Å². The van der Waals surface area contributed by atoms with Crippen molar-refractivity contribution in [3.8, 4) is 11.5 Å². The Balaban J connectivity index is 1.47. The maximum Gasteiger partial charge on any atom is 0.247 e. The van der Waals surface area contributed by atoms with Gasteiger partial charge in [0.05, 0.1) is 14.2 Å². The Kier molecular flexibility index (Phi) is 6.61. The van der Waals surface area contributed by atoms with Crippen LogP contribution in [-0.4, -0.2) is 68.1 Å². The number of sulfonamides is 1. The Morgan fingerprint density at radius 2 is 1.67 bits per heavy atom. The standard InChI is InChI=1S/C22H26N6O4S/c1-16-6-7-23-20(12-16)26-21-14-22(25-15-24-21)27-8-10-28(11-9-27)33(29,30)19-13-17(31-2)4-5-18(19)32-3/h4-7,12-15H,8-11H2,1-3H3,(H,23,24,25,26). The van der Waals surface area contributed by atoms with Gasteiger partial charge >= 0.3 is 0 Å². The fraction of sp³-hybridized carbons (Fsp3) is 0.318. The number of piperazine rings is 1. The number of pyridine rings is 1. The normalized spacial score (nSPS) is 14.7. The largest absolute Gasteiger partial charge is 0.497 e. The summed E-state index contributed by atoms with van der Waals surface area (Å²) in [6, 6.07) is 10.4. The Hall–Kier alpha value is -3.44. The minimum atomic E-state index is -3.75. The van der Waals surface area contributed by atoms with Crippen LogP contribution in [0.15, 0.2) is 53.8 Å². The molecule has 0 spiro atoms. The lowest BCUT2D eigenvalue weighted by atomic mass is 10.3. The molecule has 0 bridgehead atoms. The van der Waals surface area contributed by atoms with Crippen molar-refractivity contribution in [3.05, 3.63) is 54.5 Å². The number of nitrogens with one attached hydrogen (secondary N) is 1. The molecule has 0 unspecified atom stereocenters. The summed E-state index contributed by atoms with van der Waals surface area (Å²) >= 11 is 0. The Morgan fingerprint density at radius 3 is 2.36 bits per heavy atom. The van der Waals surface area contributed by atoms with Crippen molar-refractivity contribution >= 4 is 27.5 Å². The van der Waals surface area contributed by atoms with Crippen LogP contribution < -0.4 is 19.7 Å². The van der Waals surface area contributed by atoms with E-state index in [1.54, 1.807) is 18.3 Å². The zero-order valence-corrected chi connectivity index (χ0v) is 19.5.